The van der Waals surface area contributed by atoms with Crippen molar-refractivity contribution < 1.29 is 8.42 Å². The third kappa shape index (κ3) is 2.27. The summed E-state index contributed by atoms with van der Waals surface area (Å²) in [5.41, 5.74) is 6.57. The smallest absolute Gasteiger partial charge is 0.229 e. The van der Waals surface area contributed by atoms with Crippen LogP contribution in [0.2, 0.25) is 0 Å². The highest BCUT2D eigenvalue weighted by molar-refractivity contribution is 7.91. The Labute approximate surface area is 121 Å². The zero-order valence-electron chi connectivity index (χ0n) is 10.9. The molecule has 0 saturated carbocycles. The van der Waals surface area contributed by atoms with E-state index >= 15 is 0 Å². The molecule has 0 aliphatic carbocycles. The van der Waals surface area contributed by atoms with Gasteiger partial charge in [-0.05, 0) is 24.3 Å². The summed E-state index contributed by atoms with van der Waals surface area (Å²) in [6, 6.07) is 17.0. The number of sulfone groups is 1. The monoisotopic (exact) mass is 300 g/mol. The van der Waals surface area contributed by atoms with Crippen molar-refractivity contribution in [1.29, 1.82) is 0 Å². The average Bonchev–Trinajstić information content (AvgIpc) is 2.91. The fourth-order valence-electron chi connectivity index (χ4n) is 1.94. The Morgan fingerprint density at radius 2 is 1.48 bits per heavy atom. The van der Waals surface area contributed by atoms with E-state index in [1.807, 2.05) is 18.2 Å². The second-order valence-corrected chi connectivity index (χ2v) is 6.21. The summed E-state index contributed by atoms with van der Waals surface area (Å²) < 4.78 is 26.3. The molecular formula is C14H12N4O2S. The van der Waals surface area contributed by atoms with Crippen molar-refractivity contribution in [3.05, 3.63) is 60.7 Å². The molecule has 0 aliphatic rings. The predicted octanol–water partition coefficient (Wildman–Crippen LogP) is 1.68. The Hall–Kier alpha value is -2.67. The molecule has 7 heteroatoms. The summed E-state index contributed by atoms with van der Waals surface area (Å²) >= 11 is 0. The fraction of sp³-hybridized carbons (Fsp3) is 0. The maximum Gasteiger partial charge on any atom is 0.229 e. The zero-order valence-corrected chi connectivity index (χ0v) is 11.7. The van der Waals surface area contributed by atoms with E-state index in [1.54, 1.807) is 30.3 Å². The lowest BCUT2D eigenvalue weighted by atomic mass is 10.3. The van der Waals surface area contributed by atoms with E-state index in [1.165, 1.54) is 16.8 Å². The molecular weight excluding hydrogens is 288 g/mol. The van der Waals surface area contributed by atoms with Crippen molar-refractivity contribution in [2.24, 2.45) is 0 Å². The highest BCUT2D eigenvalue weighted by Crippen LogP contribution is 2.24. The summed E-state index contributed by atoms with van der Waals surface area (Å²) in [6.07, 6.45) is 0. The van der Waals surface area contributed by atoms with Gasteiger partial charge >= 0.3 is 0 Å². The molecule has 1 heterocycles. The number of anilines is 1. The number of nitrogen functional groups attached to an aromatic ring is 1. The van der Waals surface area contributed by atoms with Gasteiger partial charge in [0.25, 0.3) is 0 Å². The molecule has 0 spiro atoms. The van der Waals surface area contributed by atoms with Gasteiger partial charge in [-0.2, -0.15) is 4.68 Å². The molecule has 0 bridgehead atoms. The third-order valence-corrected chi connectivity index (χ3v) is 4.67. The second kappa shape index (κ2) is 5.02. The van der Waals surface area contributed by atoms with Gasteiger partial charge in [0.2, 0.25) is 14.9 Å². The molecule has 0 saturated heterocycles. The van der Waals surface area contributed by atoms with E-state index < -0.39 is 9.84 Å². The molecule has 1 aromatic heterocycles. The SMILES string of the molecule is Nc1c(S(=O)(=O)c2ccccc2)nnn1-c1ccccc1. The van der Waals surface area contributed by atoms with Crippen LogP contribution in [-0.4, -0.2) is 23.4 Å². The molecule has 0 fully saturated rings. The van der Waals surface area contributed by atoms with Gasteiger partial charge in [-0.25, -0.2) is 8.42 Å². The first-order valence-electron chi connectivity index (χ1n) is 6.17. The zero-order chi connectivity index (χ0) is 14.9. The van der Waals surface area contributed by atoms with Crippen molar-refractivity contribution in [1.82, 2.24) is 15.0 Å². The number of hydrogen-bond donors (Lipinski definition) is 1. The largest absolute Gasteiger partial charge is 0.381 e. The Morgan fingerprint density at radius 3 is 2.10 bits per heavy atom. The minimum Gasteiger partial charge on any atom is -0.381 e. The van der Waals surface area contributed by atoms with Crippen LogP contribution in [0.1, 0.15) is 0 Å². The first-order valence-corrected chi connectivity index (χ1v) is 7.66. The summed E-state index contributed by atoms with van der Waals surface area (Å²) in [5, 5.41) is 7.34. The van der Waals surface area contributed by atoms with E-state index in [-0.39, 0.29) is 15.7 Å². The second-order valence-electron chi connectivity index (χ2n) is 4.34. The molecule has 21 heavy (non-hydrogen) atoms. The molecule has 0 radical (unpaired) electrons. The highest BCUT2D eigenvalue weighted by Gasteiger charge is 2.26. The van der Waals surface area contributed by atoms with Crippen LogP contribution >= 0.6 is 0 Å². The number of para-hydroxylation sites is 1. The van der Waals surface area contributed by atoms with Gasteiger partial charge in [-0.1, -0.05) is 41.6 Å². The van der Waals surface area contributed by atoms with E-state index in [4.69, 9.17) is 5.73 Å². The first kappa shape index (κ1) is 13.3. The lowest BCUT2D eigenvalue weighted by Crippen LogP contribution is -2.07. The van der Waals surface area contributed by atoms with Crippen LogP contribution in [-0.2, 0) is 9.84 Å². The lowest BCUT2D eigenvalue weighted by molar-refractivity contribution is 0.592. The molecule has 0 atom stereocenters. The Kier molecular flexibility index (Phi) is 3.19. The number of rotatable bonds is 3. The highest BCUT2D eigenvalue weighted by atomic mass is 32.2. The molecule has 3 aromatic rings. The van der Waals surface area contributed by atoms with E-state index in [2.05, 4.69) is 10.3 Å². The lowest BCUT2D eigenvalue weighted by Gasteiger charge is -2.04. The van der Waals surface area contributed by atoms with Crippen LogP contribution in [0.15, 0.2) is 70.6 Å². The molecule has 2 aromatic carbocycles. The number of aromatic nitrogens is 3. The molecule has 3 rings (SSSR count). The van der Waals surface area contributed by atoms with Gasteiger partial charge < -0.3 is 5.73 Å². The van der Waals surface area contributed by atoms with Crippen LogP contribution in [0.5, 0.6) is 0 Å². The van der Waals surface area contributed by atoms with Crippen LogP contribution in [0.4, 0.5) is 5.82 Å². The summed E-state index contributed by atoms with van der Waals surface area (Å²) in [4.78, 5) is 0.136. The van der Waals surface area contributed by atoms with Gasteiger partial charge in [-0.3, -0.25) is 0 Å². The molecule has 0 unspecified atom stereocenters. The minimum absolute atomic E-state index is 0.00921. The van der Waals surface area contributed by atoms with Crippen LogP contribution in [0, 0.1) is 0 Å². The molecule has 106 valence electrons. The molecule has 0 amide bonds. The normalized spacial score (nSPS) is 11.4. The van der Waals surface area contributed by atoms with Crippen LogP contribution in [0.25, 0.3) is 5.69 Å². The number of nitrogens with zero attached hydrogens (tertiary/aromatic N) is 3. The third-order valence-electron chi connectivity index (χ3n) is 2.98. The van der Waals surface area contributed by atoms with Crippen molar-refractivity contribution in [2.45, 2.75) is 9.92 Å². The minimum atomic E-state index is -3.78. The topological polar surface area (TPSA) is 90.9 Å². The quantitative estimate of drug-likeness (QED) is 0.794. The predicted molar refractivity (Wildman–Crippen MR) is 77.7 cm³/mol. The van der Waals surface area contributed by atoms with E-state index in [9.17, 15) is 8.42 Å². The van der Waals surface area contributed by atoms with Gasteiger partial charge in [0.05, 0.1) is 10.6 Å². The maximum atomic E-state index is 12.5. The summed E-state index contributed by atoms with van der Waals surface area (Å²) in [7, 11) is -3.78. The van der Waals surface area contributed by atoms with E-state index in [0.29, 0.717) is 5.69 Å². The number of benzene rings is 2. The van der Waals surface area contributed by atoms with Gasteiger partial charge in [0, 0.05) is 0 Å². The van der Waals surface area contributed by atoms with Crippen molar-refractivity contribution in [2.75, 3.05) is 5.73 Å². The average molecular weight is 300 g/mol. The maximum absolute atomic E-state index is 12.5. The summed E-state index contributed by atoms with van der Waals surface area (Å²) in [5.74, 6) is -0.00921. The standard InChI is InChI=1S/C14H12N4O2S/c15-13-14(21(19,20)12-9-5-2-6-10-12)16-17-18(13)11-7-3-1-4-8-11/h1-10H,15H2. The molecule has 6 nitrogen and oxygen atoms in total. The number of nitrogens with two attached hydrogens (primary N) is 1. The van der Waals surface area contributed by atoms with Crippen LogP contribution in [0.3, 0.4) is 0 Å². The van der Waals surface area contributed by atoms with Crippen molar-refractivity contribution in [3.8, 4) is 5.69 Å². The van der Waals surface area contributed by atoms with Crippen molar-refractivity contribution in [3.63, 3.8) is 0 Å². The Balaban J connectivity index is 2.12. The van der Waals surface area contributed by atoms with Crippen molar-refractivity contribution >= 4 is 15.7 Å². The number of hydrogen-bond acceptors (Lipinski definition) is 5. The van der Waals surface area contributed by atoms with Gasteiger partial charge in [0.15, 0.2) is 5.82 Å². The van der Waals surface area contributed by atoms with Gasteiger partial charge in [0.1, 0.15) is 0 Å². The van der Waals surface area contributed by atoms with E-state index in [0.717, 1.165) is 0 Å². The van der Waals surface area contributed by atoms with Crippen LogP contribution < -0.4 is 5.73 Å². The first-order chi connectivity index (χ1) is 10.1. The Bertz CT molecular complexity index is 859. The molecule has 2 N–H and O–H groups in total. The van der Waals surface area contributed by atoms with Gasteiger partial charge in [-0.15, -0.1) is 5.10 Å². The Morgan fingerprint density at radius 1 is 0.905 bits per heavy atom. The molecule has 0 aliphatic heterocycles. The fourth-order valence-corrected chi connectivity index (χ4v) is 3.18. The summed E-state index contributed by atoms with van der Waals surface area (Å²) in [6.45, 7) is 0.